The van der Waals surface area contributed by atoms with Crippen molar-refractivity contribution in [3.05, 3.63) is 71.0 Å². The molecular formula is C23H24FN3O3. The lowest BCUT2D eigenvalue weighted by Gasteiger charge is -2.42. The van der Waals surface area contributed by atoms with Gasteiger partial charge in [-0.15, -0.1) is 0 Å². The highest BCUT2D eigenvalue weighted by Gasteiger charge is 2.40. The van der Waals surface area contributed by atoms with Gasteiger partial charge in [-0.25, -0.2) is 4.39 Å². The minimum absolute atomic E-state index is 0.00965. The second kappa shape index (κ2) is 8.65. The van der Waals surface area contributed by atoms with E-state index >= 15 is 0 Å². The maximum Gasteiger partial charge on any atom is 0.251 e. The highest BCUT2D eigenvalue weighted by Crippen LogP contribution is 2.24. The van der Waals surface area contributed by atoms with Gasteiger partial charge in [0.05, 0.1) is 0 Å². The smallest absolute Gasteiger partial charge is 0.251 e. The maximum absolute atomic E-state index is 13.0. The molecule has 0 radical (unpaired) electrons. The number of carbonyl (C=O) groups excluding carboxylic acids is 3. The van der Waals surface area contributed by atoms with Crippen molar-refractivity contribution in [2.24, 2.45) is 0 Å². The predicted octanol–water partition coefficient (Wildman–Crippen LogP) is 2.48. The van der Waals surface area contributed by atoms with Gasteiger partial charge >= 0.3 is 0 Å². The second-order valence-corrected chi connectivity index (χ2v) is 7.80. The van der Waals surface area contributed by atoms with Crippen molar-refractivity contribution < 1.29 is 18.8 Å². The average Bonchev–Trinajstić information content (AvgIpc) is 2.77. The van der Waals surface area contributed by atoms with E-state index in [0.717, 1.165) is 30.4 Å². The van der Waals surface area contributed by atoms with E-state index in [1.54, 1.807) is 46.2 Å². The zero-order valence-electron chi connectivity index (χ0n) is 16.6. The molecule has 0 aromatic heterocycles. The Bertz CT molecular complexity index is 943. The van der Waals surface area contributed by atoms with Crippen LogP contribution in [0.1, 0.15) is 40.7 Å². The van der Waals surface area contributed by atoms with Gasteiger partial charge in [-0.05, 0) is 54.7 Å². The summed E-state index contributed by atoms with van der Waals surface area (Å²) in [6.07, 6.45) is 2.66. The van der Waals surface area contributed by atoms with Gasteiger partial charge in [-0.2, -0.15) is 0 Å². The first-order valence-electron chi connectivity index (χ1n) is 10.2. The Kier molecular flexibility index (Phi) is 5.79. The molecule has 7 heteroatoms. The summed E-state index contributed by atoms with van der Waals surface area (Å²) in [7, 11) is 0. The van der Waals surface area contributed by atoms with E-state index in [1.165, 1.54) is 12.1 Å². The summed E-state index contributed by atoms with van der Waals surface area (Å²) >= 11 is 0. The highest BCUT2D eigenvalue weighted by atomic mass is 19.1. The van der Waals surface area contributed by atoms with Crippen LogP contribution < -0.4 is 5.32 Å². The summed E-state index contributed by atoms with van der Waals surface area (Å²) < 4.78 is 13.0. The first-order chi connectivity index (χ1) is 14.5. The van der Waals surface area contributed by atoms with E-state index in [0.29, 0.717) is 25.2 Å². The molecule has 0 spiro atoms. The molecule has 0 saturated carbocycles. The van der Waals surface area contributed by atoms with Crippen LogP contribution in [0.25, 0.3) is 0 Å². The maximum atomic E-state index is 13.0. The number of piperazine rings is 1. The average molecular weight is 409 g/mol. The van der Waals surface area contributed by atoms with E-state index in [9.17, 15) is 18.8 Å². The van der Waals surface area contributed by atoms with Crippen LogP contribution in [0, 0.1) is 5.82 Å². The summed E-state index contributed by atoms with van der Waals surface area (Å²) in [4.78, 5) is 40.8. The molecular weight excluding hydrogens is 385 g/mol. The molecule has 4 rings (SSSR count). The van der Waals surface area contributed by atoms with Crippen molar-refractivity contribution in [1.82, 2.24) is 15.1 Å². The molecule has 2 fully saturated rings. The molecule has 0 aliphatic carbocycles. The van der Waals surface area contributed by atoms with Crippen molar-refractivity contribution in [3.8, 4) is 0 Å². The standard InChI is InChI=1S/C23H24FN3O3/c24-19-10-6-16(7-11-19)13-25-22(29)18-8-4-17(5-9-18)14-26-15-21(28)27-12-2-1-3-20(27)23(26)30/h4-11,20H,1-3,12-15H2,(H,25,29). The third-order valence-corrected chi connectivity index (χ3v) is 5.70. The van der Waals surface area contributed by atoms with E-state index < -0.39 is 0 Å². The van der Waals surface area contributed by atoms with Crippen molar-refractivity contribution in [2.75, 3.05) is 13.1 Å². The first-order valence-corrected chi connectivity index (χ1v) is 10.2. The molecule has 2 aliphatic rings. The van der Waals surface area contributed by atoms with E-state index in [4.69, 9.17) is 0 Å². The van der Waals surface area contributed by atoms with Gasteiger partial charge in [0.15, 0.2) is 0 Å². The van der Waals surface area contributed by atoms with Crippen LogP contribution in [0.5, 0.6) is 0 Å². The van der Waals surface area contributed by atoms with Gasteiger partial charge in [-0.3, -0.25) is 14.4 Å². The highest BCUT2D eigenvalue weighted by molar-refractivity contribution is 5.95. The van der Waals surface area contributed by atoms with Crippen molar-refractivity contribution >= 4 is 17.7 Å². The van der Waals surface area contributed by atoms with Crippen LogP contribution in [0.3, 0.4) is 0 Å². The van der Waals surface area contributed by atoms with Crippen molar-refractivity contribution in [2.45, 2.75) is 38.4 Å². The Hall–Kier alpha value is -3.22. The minimum atomic E-state index is -0.323. The van der Waals surface area contributed by atoms with Gasteiger partial charge < -0.3 is 15.1 Å². The molecule has 6 nitrogen and oxygen atoms in total. The van der Waals surface area contributed by atoms with Crippen LogP contribution in [0.15, 0.2) is 48.5 Å². The Morgan fingerprint density at radius 1 is 1.00 bits per heavy atom. The molecule has 2 aromatic rings. The number of nitrogens with one attached hydrogen (secondary N) is 1. The fourth-order valence-corrected chi connectivity index (χ4v) is 4.03. The van der Waals surface area contributed by atoms with Crippen LogP contribution in [0.4, 0.5) is 4.39 Å². The number of piperidine rings is 1. The van der Waals surface area contributed by atoms with E-state index in [2.05, 4.69) is 5.32 Å². The summed E-state index contributed by atoms with van der Waals surface area (Å²) in [5, 5.41) is 2.80. The first kappa shape index (κ1) is 20.1. The van der Waals surface area contributed by atoms with Crippen LogP contribution in [-0.4, -0.2) is 46.7 Å². The normalized spacial score (nSPS) is 18.9. The number of rotatable bonds is 5. The van der Waals surface area contributed by atoms with Gasteiger partial charge in [0.25, 0.3) is 5.91 Å². The summed E-state index contributed by atoms with van der Waals surface area (Å²) in [6.45, 7) is 1.44. The molecule has 30 heavy (non-hydrogen) atoms. The molecule has 1 atom stereocenters. The molecule has 0 bridgehead atoms. The molecule has 3 amide bonds. The SMILES string of the molecule is O=C(NCc1ccc(F)cc1)c1ccc(CN2CC(=O)N3CCCCC3C2=O)cc1. The number of carbonyl (C=O) groups is 3. The van der Waals surface area contributed by atoms with Crippen LogP contribution >= 0.6 is 0 Å². The summed E-state index contributed by atoms with van der Waals surface area (Å²) in [6, 6.07) is 12.7. The quantitative estimate of drug-likeness (QED) is 0.825. The Balaban J connectivity index is 1.35. The lowest BCUT2D eigenvalue weighted by atomic mass is 9.98. The van der Waals surface area contributed by atoms with Crippen LogP contribution in [-0.2, 0) is 22.7 Å². The van der Waals surface area contributed by atoms with Gasteiger partial charge in [0.1, 0.15) is 18.4 Å². The van der Waals surface area contributed by atoms with Crippen LogP contribution in [0.2, 0.25) is 0 Å². The van der Waals surface area contributed by atoms with Gasteiger partial charge in [0.2, 0.25) is 11.8 Å². The van der Waals surface area contributed by atoms with E-state index in [-0.39, 0.29) is 36.1 Å². The number of halogens is 1. The summed E-state index contributed by atoms with van der Waals surface area (Å²) in [5.41, 5.74) is 2.18. The topological polar surface area (TPSA) is 69.7 Å². The third-order valence-electron chi connectivity index (χ3n) is 5.70. The molecule has 156 valence electrons. The molecule has 2 saturated heterocycles. The molecule has 2 aliphatic heterocycles. The Morgan fingerprint density at radius 2 is 1.70 bits per heavy atom. The number of hydrogen-bond donors (Lipinski definition) is 1. The molecule has 2 heterocycles. The third kappa shape index (κ3) is 4.35. The predicted molar refractivity (Wildman–Crippen MR) is 109 cm³/mol. The molecule has 1 unspecified atom stereocenters. The van der Waals surface area contributed by atoms with Gasteiger partial charge in [-0.1, -0.05) is 24.3 Å². The fourth-order valence-electron chi connectivity index (χ4n) is 4.03. The fraction of sp³-hybridized carbons (Fsp3) is 0.348. The largest absolute Gasteiger partial charge is 0.348 e. The zero-order valence-corrected chi connectivity index (χ0v) is 16.6. The zero-order chi connectivity index (χ0) is 21.1. The number of fused-ring (bicyclic) bond motifs is 1. The Morgan fingerprint density at radius 3 is 2.43 bits per heavy atom. The van der Waals surface area contributed by atoms with E-state index in [1.807, 2.05) is 0 Å². The minimum Gasteiger partial charge on any atom is -0.348 e. The summed E-state index contributed by atoms with van der Waals surface area (Å²) in [5.74, 6) is -0.523. The lowest BCUT2D eigenvalue weighted by Crippen LogP contribution is -2.60. The number of hydrogen-bond acceptors (Lipinski definition) is 3. The number of amides is 3. The van der Waals surface area contributed by atoms with Gasteiger partial charge in [0, 0.05) is 25.2 Å². The van der Waals surface area contributed by atoms with Crippen molar-refractivity contribution in [1.29, 1.82) is 0 Å². The Labute approximate surface area is 174 Å². The molecule has 2 aromatic carbocycles. The van der Waals surface area contributed by atoms with Crippen molar-refractivity contribution in [3.63, 3.8) is 0 Å². The number of benzene rings is 2. The molecule has 1 N–H and O–H groups in total. The monoisotopic (exact) mass is 409 g/mol. The lowest BCUT2D eigenvalue weighted by molar-refractivity contribution is -0.158. The number of nitrogens with zero attached hydrogens (tertiary/aromatic N) is 2. The second-order valence-electron chi connectivity index (χ2n) is 7.80.